The zero-order chi connectivity index (χ0) is 35.5. The van der Waals surface area contributed by atoms with Crippen LogP contribution in [0.15, 0.2) is 12.2 Å². The molecule has 4 N–H and O–H groups in total. The van der Waals surface area contributed by atoms with E-state index in [1.165, 1.54) is 103 Å². The summed E-state index contributed by atoms with van der Waals surface area (Å²) in [4.78, 5) is 47.4. The molecule has 0 aliphatic rings. The lowest BCUT2D eigenvalue weighted by molar-refractivity contribution is -0.147. The molecule has 9 nitrogen and oxygen atoms in total. The highest BCUT2D eigenvalue weighted by molar-refractivity contribution is 5.87. The molecule has 0 aromatic carbocycles. The van der Waals surface area contributed by atoms with Gasteiger partial charge in [0, 0.05) is 12.8 Å². The number of aliphatic carboxylic acids is 1. The maximum absolute atomic E-state index is 12.6. The Morgan fingerprint density at radius 2 is 1.10 bits per heavy atom. The van der Waals surface area contributed by atoms with Gasteiger partial charge in [0.2, 0.25) is 11.8 Å². The van der Waals surface area contributed by atoms with E-state index in [2.05, 4.69) is 36.6 Å². The summed E-state index contributed by atoms with van der Waals surface area (Å²) in [5, 5.41) is 22.5. The third-order valence-corrected chi connectivity index (χ3v) is 8.75. The lowest BCUT2D eigenvalue weighted by atomic mass is 10.0. The molecule has 0 fully saturated rings. The minimum absolute atomic E-state index is 0.110. The van der Waals surface area contributed by atoms with Crippen molar-refractivity contribution in [2.45, 2.75) is 199 Å². The number of carbonyl (C=O) groups is 4. The van der Waals surface area contributed by atoms with Crippen LogP contribution in [-0.4, -0.2) is 59.3 Å². The molecule has 2 amide bonds. The number of unbranched alkanes of at least 4 members (excludes halogenated alkanes) is 21. The Labute approximate surface area is 292 Å². The van der Waals surface area contributed by atoms with Crippen LogP contribution in [-0.2, 0) is 23.9 Å². The van der Waals surface area contributed by atoms with Crippen molar-refractivity contribution in [1.29, 1.82) is 0 Å². The topological polar surface area (TPSA) is 142 Å². The lowest BCUT2D eigenvalue weighted by Crippen LogP contribution is -2.47. The number of hydrogen-bond acceptors (Lipinski definition) is 6. The van der Waals surface area contributed by atoms with Gasteiger partial charge < -0.3 is 25.6 Å². The summed E-state index contributed by atoms with van der Waals surface area (Å²) < 4.78 is 5.89. The van der Waals surface area contributed by atoms with Gasteiger partial charge in [-0.25, -0.2) is 4.79 Å². The van der Waals surface area contributed by atoms with E-state index in [1.807, 2.05) is 0 Å². The molecule has 0 aromatic heterocycles. The van der Waals surface area contributed by atoms with Crippen molar-refractivity contribution in [3.63, 3.8) is 0 Å². The Morgan fingerprint density at radius 1 is 0.625 bits per heavy atom. The molecule has 9 heteroatoms. The minimum Gasteiger partial charge on any atom is -0.480 e. The second-order valence-corrected chi connectivity index (χ2v) is 13.4. The van der Waals surface area contributed by atoms with Crippen LogP contribution in [0.25, 0.3) is 0 Å². The summed E-state index contributed by atoms with van der Waals surface area (Å²) in [6.07, 6.45) is 33.9. The maximum atomic E-state index is 12.6. The molecule has 0 radical (unpaired) electrons. The Morgan fingerprint density at radius 3 is 1.62 bits per heavy atom. The first-order valence-electron chi connectivity index (χ1n) is 19.6. The molecule has 0 aliphatic heterocycles. The number of carbonyl (C=O) groups excluding carboxylic acids is 3. The summed E-state index contributed by atoms with van der Waals surface area (Å²) in [6.45, 7) is 3.44. The van der Waals surface area contributed by atoms with E-state index >= 15 is 0 Å². The molecular formula is C39H72N2O7. The van der Waals surface area contributed by atoms with E-state index < -0.39 is 24.5 Å². The van der Waals surface area contributed by atoms with Crippen molar-refractivity contribution < 1.29 is 34.1 Å². The monoisotopic (exact) mass is 681 g/mol. The van der Waals surface area contributed by atoms with Gasteiger partial charge in [0.15, 0.2) is 0 Å². The summed E-state index contributed by atoms with van der Waals surface area (Å²) >= 11 is 0. The first-order valence-corrected chi connectivity index (χ1v) is 19.6. The standard InChI is InChI=1S/C39H72N2O7/c1-3-5-7-9-11-13-14-15-16-17-19-21-27-31-38(45)48-34(28-24-20-18-12-10-8-6-4-2)29-25-22-23-26-30-36(43)40-32-37(44)41-35(33-42)39(46)47/h24,28,34-35,42H,3-23,25-27,29-33H2,1-2H3,(H,40,43)(H,41,44)(H,46,47)/b28-24-. The molecule has 0 spiro atoms. The zero-order valence-corrected chi connectivity index (χ0v) is 30.8. The van der Waals surface area contributed by atoms with Gasteiger partial charge in [0.1, 0.15) is 12.1 Å². The summed E-state index contributed by atoms with van der Waals surface area (Å²) in [7, 11) is 0. The molecule has 0 saturated heterocycles. The van der Waals surface area contributed by atoms with E-state index in [0.717, 1.165) is 51.4 Å². The highest BCUT2D eigenvalue weighted by Gasteiger charge is 2.18. The van der Waals surface area contributed by atoms with Crippen LogP contribution in [0.3, 0.4) is 0 Å². The number of allylic oxidation sites excluding steroid dienone is 1. The number of carboxylic acids is 1. The minimum atomic E-state index is -1.39. The van der Waals surface area contributed by atoms with Crippen molar-refractivity contribution in [3.8, 4) is 0 Å². The number of nitrogens with one attached hydrogen (secondary N) is 2. The van der Waals surface area contributed by atoms with Gasteiger partial charge in [0.25, 0.3) is 0 Å². The van der Waals surface area contributed by atoms with Crippen LogP contribution in [0, 0.1) is 0 Å². The maximum Gasteiger partial charge on any atom is 0.328 e. The first kappa shape index (κ1) is 45.6. The van der Waals surface area contributed by atoms with Crippen LogP contribution in [0.2, 0.25) is 0 Å². The van der Waals surface area contributed by atoms with E-state index in [9.17, 15) is 19.2 Å². The Kier molecular flexibility index (Phi) is 32.7. The third kappa shape index (κ3) is 30.9. The molecule has 2 atom stereocenters. The second-order valence-electron chi connectivity index (χ2n) is 13.4. The van der Waals surface area contributed by atoms with Crippen LogP contribution in [0.1, 0.15) is 187 Å². The molecule has 0 heterocycles. The van der Waals surface area contributed by atoms with Crippen molar-refractivity contribution in [2.75, 3.05) is 13.2 Å². The zero-order valence-electron chi connectivity index (χ0n) is 30.8. The fourth-order valence-corrected chi connectivity index (χ4v) is 5.68. The molecule has 0 aliphatic carbocycles. The fraction of sp³-hybridized carbons (Fsp3) is 0.846. The predicted molar refractivity (Wildman–Crippen MR) is 195 cm³/mol. The number of aliphatic hydroxyl groups is 1. The third-order valence-electron chi connectivity index (χ3n) is 8.75. The van der Waals surface area contributed by atoms with Gasteiger partial charge in [-0.2, -0.15) is 0 Å². The van der Waals surface area contributed by atoms with Crippen molar-refractivity contribution in [1.82, 2.24) is 10.6 Å². The van der Waals surface area contributed by atoms with Gasteiger partial charge in [-0.3, -0.25) is 14.4 Å². The number of esters is 1. The van der Waals surface area contributed by atoms with Gasteiger partial charge in [0.05, 0.1) is 13.2 Å². The lowest BCUT2D eigenvalue weighted by Gasteiger charge is -2.15. The van der Waals surface area contributed by atoms with Crippen molar-refractivity contribution in [3.05, 3.63) is 12.2 Å². The number of amides is 2. The van der Waals surface area contributed by atoms with Gasteiger partial charge in [-0.05, 0) is 44.6 Å². The van der Waals surface area contributed by atoms with Crippen LogP contribution in [0.4, 0.5) is 0 Å². The first-order chi connectivity index (χ1) is 23.3. The van der Waals surface area contributed by atoms with E-state index in [4.69, 9.17) is 14.9 Å². The number of carboxylic acid groups (broad SMARTS) is 1. The average molecular weight is 681 g/mol. The molecule has 0 saturated carbocycles. The molecule has 2 unspecified atom stereocenters. The smallest absolute Gasteiger partial charge is 0.328 e. The quantitative estimate of drug-likeness (QED) is 0.0298. The van der Waals surface area contributed by atoms with Crippen molar-refractivity contribution >= 4 is 23.8 Å². The SMILES string of the molecule is CCCCCCCC/C=C\C(CCCCCCC(=O)NCC(=O)NC(CO)C(=O)O)OC(=O)CCCCCCCCCCCCCCC. The van der Waals surface area contributed by atoms with Crippen LogP contribution >= 0.6 is 0 Å². The van der Waals surface area contributed by atoms with Gasteiger partial charge >= 0.3 is 11.9 Å². The molecule has 48 heavy (non-hydrogen) atoms. The number of aliphatic hydroxyl groups excluding tert-OH is 1. The fourth-order valence-electron chi connectivity index (χ4n) is 5.68. The van der Waals surface area contributed by atoms with Crippen LogP contribution in [0.5, 0.6) is 0 Å². The number of hydrogen-bond donors (Lipinski definition) is 4. The summed E-state index contributed by atoms with van der Waals surface area (Å²) in [6, 6.07) is -1.39. The molecular weight excluding hydrogens is 608 g/mol. The van der Waals surface area contributed by atoms with Gasteiger partial charge in [-0.15, -0.1) is 0 Å². The number of rotatable bonds is 35. The summed E-state index contributed by atoms with van der Waals surface area (Å²) in [5.74, 6) is -2.39. The number of ether oxygens (including phenoxy) is 1. The average Bonchev–Trinajstić information content (AvgIpc) is 3.07. The molecule has 280 valence electrons. The second kappa shape index (κ2) is 34.4. The molecule has 0 bridgehead atoms. The Hall–Kier alpha value is -2.42. The van der Waals surface area contributed by atoms with Crippen molar-refractivity contribution in [2.24, 2.45) is 0 Å². The largest absolute Gasteiger partial charge is 0.480 e. The molecule has 0 rings (SSSR count). The van der Waals surface area contributed by atoms with E-state index in [0.29, 0.717) is 12.8 Å². The highest BCUT2D eigenvalue weighted by atomic mass is 16.5. The highest BCUT2D eigenvalue weighted by Crippen LogP contribution is 2.16. The van der Waals surface area contributed by atoms with Crippen LogP contribution < -0.4 is 10.6 Å². The Bertz CT molecular complexity index is 833. The van der Waals surface area contributed by atoms with E-state index in [-0.39, 0.29) is 30.9 Å². The summed E-state index contributed by atoms with van der Waals surface area (Å²) in [5.41, 5.74) is 0. The Balaban J connectivity index is 4.28. The van der Waals surface area contributed by atoms with E-state index in [1.54, 1.807) is 0 Å². The molecule has 0 aromatic rings. The van der Waals surface area contributed by atoms with Gasteiger partial charge in [-0.1, -0.05) is 142 Å². The predicted octanol–water partition coefficient (Wildman–Crippen LogP) is 8.70. The normalized spacial score (nSPS) is 12.6.